The van der Waals surface area contributed by atoms with Crippen molar-refractivity contribution in [2.24, 2.45) is 0 Å². The average Bonchev–Trinajstić information content (AvgIpc) is 2.80. The first-order chi connectivity index (χ1) is 8.69. The lowest BCUT2D eigenvalue weighted by atomic mass is 10.0. The Labute approximate surface area is 105 Å². The molecule has 1 aromatic carbocycles. The van der Waals surface area contributed by atoms with E-state index in [-0.39, 0.29) is 11.6 Å². The molecule has 2 aliphatic heterocycles. The van der Waals surface area contributed by atoms with Crippen molar-refractivity contribution in [3.05, 3.63) is 24.0 Å². The van der Waals surface area contributed by atoms with Crippen LogP contribution in [-0.4, -0.2) is 37.2 Å². The first-order valence-electron chi connectivity index (χ1n) is 6.20. The summed E-state index contributed by atoms with van der Waals surface area (Å²) in [5.41, 5.74) is 0.528. The molecule has 18 heavy (non-hydrogen) atoms. The fraction of sp³-hybridized carbons (Fsp3) is 0.538. The Bertz CT molecular complexity index is 436. The van der Waals surface area contributed by atoms with Crippen molar-refractivity contribution >= 4 is 5.69 Å². The second-order valence-corrected chi connectivity index (χ2v) is 4.73. The first kappa shape index (κ1) is 11.7. The van der Waals surface area contributed by atoms with E-state index in [0.29, 0.717) is 32.0 Å². The molecular weight excluding hydrogens is 237 g/mol. The molecule has 2 fully saturated rings. The first-order valence-corrected chi connectivity index (χ1v) is 6.20. The quantitative estimate of drug-likeness (QED) is 0.829. The molecular formula is C13H16FNO3. The van der Waals surface area contributed by atoms with Gasteiger partial charge in [0.15, 0.2) is 5.79 Å². The molecule has 0 aromatic heterocycles. The van der Waals surface area contributed by atoms with E-state index in [1.807, 2.05) is 4.90 Å². The second-order valence-electron chi connectivity index (χ2n) is 4.73. The maximum Gasteiger partial charge on any atom is 0.171 e. The highest BCUT2D eigenvalue weighted by Gasteiger charge is 2.40. The monoisotopic (exact) mass is 253 g/mol. The SMILES string of the molecule is Oc1ccc(N2CCC3(CC2)OCCO3)c(F)c1. The van der Waals surface area contributed by atoms with E-state index >= 15 is 0 Å². The summed E-state index contributed by atoms with van der Waals surface area (Å²) >= 11 is 0. The number of anilines is 1. The minimum atomic E-state index is -0.441. The van der Waals surface area contributed by atoms with E-state index in [1.165, 1.54) is 6.07 Å². The summed E-state index contributed by atoms with van der Waals surface area (Å²) in [6.07, 6.45) is 1.49. The number of piperidine rings is 1. The van der Waals surface area contributed by atoms with Crippen LogP contribution in [-0.2, 0) is 9.47 Å². The predicted molar refractivity (Wildman–Crippen MR) is 64.1 cm³/mol. The van der Waals surface area contributed by atoms with Gasteiger partial charge in [-0.1, -0.05) is 0 Å². The molecule has 1 spiro atoms. The van der Waals surface area contributed by atoms with Gasteiger partial charge in [-0.25, -0.2) is 4.39 Å². The van der Waals surface area contributed by atoms with Crippen LogP contribution in [0.3, 0.4) is 0 Å². The van der Waals surface area contributed by atoms with Crippen LogP contribution in [0.15, 0.2) is 18.2 Å². The molecule has 2 heterocycles. The molecule has 5 heteroatoms. The van der Waals surface area contributed by atoms with E-state index in [9.17, 15) is 9.50 Å². The van der Waals surface area contributed by atoms with Crippen molar-refractivity contribution in [1.29, 1.82) is 0 Å². The smallest absolute Gasteiger partial charge is 0.171 e. The van der Waals surface area contributed by atoms with Gasteiger partial charge in [0, 0.05) is 32.0 Å². The van der Waals surface area contributed by atoms with Crippen molar-refractivity contribution in [2.45, 2.75) is 18.6 Å². The summed E-state index contributed by atoms with van der Waals surface area (Å²) in [6.45, 7) is 2.69. The number of hydrogen-bond acceptors (Lipinski definition) is 4. The molecule has 3 rings (SSSR count). The lowest BCUT2D eigenvalue weighted by Gasteiger charge is -2.38. The van der Waals surface area contributed by atoms with Crippen LogP contribution < -0.4 is 4.90 Å². The zero-order valence-electron chi connectivity index (χ0n) is 10.1. The Kier molecular flexibility index (Phi) is 2.87. The molecule has 4 nitrogen and oxygen atoms in total. The van der Waals surface area contributed by atoms with E-state index in [1.54, 1.807) is 6.07 Å². The fourth-order valence-corrected chi connectivity index (χ4v) is 2.63. The summed E-state index contributed by atoms with van der Waals surface area (Å²) in [6, 6.07) is 4.26. The maximum atomic E-state index is 13.7. The molecule has 0 aliphatic carbocycles. The summed E-state index contributed by atoms with van der Waals surface area (Å²) in [5.74, 6) is -0.879. The Morgan fingerprint density at radius 1 is 1.17 bits per heavy atom. The molecule has 98 valence electrons. The number of rotatable bonds is 1. The van der Waals surface area contributed by atoms with Gasteiger partial charge in [-0.05, 0) is 12.1 Å². The van der Waals surface area contributed by atoms with Gasteiger partial charge in [0.05, 0.1) is 18.9 Å². The van der Waals surface area contributed by atoms with Crippen molar-refractivity contribution in [3.63, 3.8) is 0 Å². The average molecular weight is 253 g/mol. The fourth-order valence-electron chi connectivity index (χ4n) is 2.63. The van der Waals surface area contributed by atoms with Crippen LogP contribution in [0.4, 0.5) is 10.1 Å². The normalized spacial score (nSPS) is 22.6. The number of ether oxygens (including phenoxy) is 2. The van der Waals surface area contributed by atoms with Crippen LogP contribution in [0, 0.1) is 5.82 Å². The van der Waals surface area contributed by atoms with Gasteiger partial charge in [0.25, 0.3) is 0 Å². The highest BCUT2D eigenvalue weighted by atomic mass is 19.1. The topological polar surface area (TPSA) is 41.9 Å². The number of phenols is 1. The third-order valence-corrected chi connectivity index (χ3v) is 3.61. The third-order valence-electron chi connectivity index (χ3n) is 3.61. The molecule has 0 saturated carbocycles. The van der Waals surface area contributed by atoms with Crippen LogP contribution in [0.1, 0.15) is 12.8 Å². The van der Waals surface area contributed by atoms with Gasteiger partial charge in [-0.3, -0.25) is 0 Å². The van der Waals surface area contributed by atoms with Crippen LogP contribution in [0.5, 0.6) is 5.75 Å². The predicted octanol–water partition coefficient (Wildman–Crippen LogP) is 1.87. The van der Waals surface area contributed by atoms with E-state index in [4.69, 9.17) is 9.47 Å². The second kappa shape index (κ2) is 4.40. The van der Waals surface area contributed by atoms with Crippen molar-refractivity contribution in [2.75, 3.05) is 31.2 Å². The molecule has 1 aromatic rings. The van der Waals surface area contributed by atoms with Crippen molar-refractivity contribution in [3.8, 4) is 5.75 Å². The number of halogens is 1. The highest BCUT2D eigenvalue weighted by molar-refractivity contribution is 5.50. The maximum absolute atomic E-state index is 13.7. The van der Waals surface area contributed by atoms with E-state index in [2.05, 4.69) is 0 Å². The van der Waals surface area contributed by atoms with Gasteiger partial charge in [-0.2, -0.15) is 0 Å². The lowest BCUT2D eigenvalue weighted by molar-refractivity contribution is -0.169. The lowest BCUT2D eigenvalue weighted by Crippen LogP contribution is -2.45. The van der Waals surface area contributed by atoms with Gasteiger partial charge < -0.3 is 19.5 Å². The standard InChI is InChI=1S/C13H16FNO3/c14-11-9-10(16)1-2-12(11)15-5-3-13(4-6-15)17-7-8-18-13/h1-2,9,16H,3-8H2. The minimum Gasteiger partial charge on any atom is -0.508 e. The summed E-state index contributed by atoms with van der Waals surface area (Å²) in [7, 11) is 0. The van der Waals surface area contributed by atoms with E-state index < -0.39 is 5.79 Å². The third kappa shape index (κ3) is 2.04. The molecule has 2 saturated heterocycles. The number of phenolic OH excluding ortho intramolecular Hbond substituents is 1. The largest absolute Gasteiger partial charge is 0.508 e. The minimum absolute atomic E-state index is 0.0489. The number of nitrogens with zero attached hydrogens (tertiary/aromatic N) is 1. The zero-order valence-corrected chi connectivity index (χ0v) is 10.1. The molecule has 0 amide bonds. The summed E-state index contributed by atoms with van der Waals surface area (Å²) in [4.78, 5) is 1.96. The summed E-state index contributed by atoms with van der Waals surface area (Å²) in [5, 5.41) is 9.20. The summed E-state index contributed by atoms with van der Waals surface area (Å²) < 4.78 is 25.0. The Morgan fingerprint density at radius 2 is 1.83 bits per heavy atom. The molecule has 2 aliphatic rings. The van der Waals surface area contributed by atoms with Crippen molar-refractivity contribution in [1.82, 2.24) is 0 Å². The highest BCUT2D eigenvalue weighted by Crippen LogP contribution is 2.34. The van der Waals surface area contributed by atoms with Gasteiger partial charge in [-0.15, -0.1) is 0 Å². The Hall–Kier alpha value is -1.33. The van der Waals surface area contributed by atoms with Crippen LogP contribution in [0.2, 0.25) is 0 Å². The van der Waals surface area contributed by atoms with Gasteiger partial charge >= 0.3 is 0 Å². The molecule has 0 atom stereocenters. The van der Waals surface area contributed by atoms with Crippen LogP contribution >= 0.6 is 0 Å². The molecule has 1 N–H and O–H groups in total. The van der Waals surface area contributed by atoms with Gasteiger partial charge in [0.1, 0.15) is 11.6 Å². The number of benzene rings is 1. The van der Waals surface area contributed by atoms with Gasteiger partial charge in [0.2, 0.25) is 0 Å². The molecule has 0 unspecified atom stereocenters. The zero-order chi connectivity index (χ0) is 12.6. The Balaban J connectivity index is 1.72. The van der Waals surface area contributed by atoms with Crippen LogP contribution in [0.25, 0.3) is 0 Å². The van der Waals surface area contributed by atoms with E-state index in [0.717, 1.165) is 18.9 Å². The molecule has 0 radical (unpaired) electrons. The molecule has 0 bridgehead atoms. The number of hydrogen-bond donors (Lipinski definition) is 1. The Morgan fingerprint density at radius 3 is 2.44 bits per heavy atom. The number of aromatic hydroxyl groups is 1. The van der Waals surface area contributed by atoms with Crippen molar-refractivity contribution < 1.29 is 19.0 Å².